The standard InChI is InChI=1S/C9H12N2O.2C2H6/c1-11-9(12)8-5-3-2-4-7(8)6-10-11;2*1-2/h6H,2-5H2,1H3;2*1-2H3. The number of fused-ring (bicyclic) bond motifs is 1. The highest BCUT2D eigenvalue weighted by Gasteiger charge is 2.13. The molecule has 0 N–H and O–H groups in total. The molecule has 3 nitrogen and oxygen atoms in total. The van der Waals surface area contributed by atoms with Gasteiger partial charge in [-0.25, -0.2) is 4.68 Å². The number of aromatic nitrogens is 2. The lowest BCUT2D eigenvalue weighted by Crippen LogP contribution is -2.26. The fourth-order valence-corrected chi connectivity index (χ4v) is 1.72. The van der Waals surface area contributed by atoms with Gasteiger partial charge < -0.3 is 0 Å². The highest BCUT2D eigenvalue weighted by molar-refractivity contribution is 5.23. The van der Waals surface area contributed by atoms with Gasteiger partial charge in [-0.2, -0.15) is 5.10 Å². The summed E-state index contributed by atoms with van der Waals surface area (Å²) in [6, 6.07) is 0. The monoisotopic (exact) mass is 224 g/mol. The lowest BCUT2D eigenvalue weighted by molar-refractivity contribution is 0.623. The number of nitrogens with zero attached hydrogens (tertiary/aromatic N) is 2. The lowest BCUT2D eigenvalue weighted by atomic mass is 9.94. The molecule has 16 heavy (non-hydrogen) atoms. The van der Waals surface area contributed by atoms with E-state index in [-0.39, 0.29) is 5.56 Å². The largest absolute Gasteiger partial charge is 0.269 e. The molecule has 0 saturated heterocycles. The van der Waals surface area contributed by atoms with Gasteiger partial charge in [0.1, 0.15) is 0 Å². The van der Waals surface area contributed by atoms with Crippen LogP contribution in [0.25, 0.3) is 0 Å². The fourth-order valence-electron chi connectivity index (χ4n) is 1.72. The second-order valence-electron chi connectivity index (χ2n) is 3.28. The van der Waals surface area contributed by atoms with E-state index in [1.807, 2.05) is 33.9 Å². The molecule has 0 saturated carbocycles. The van der Waals surface area contributed by atoms with E-state index in [9.17, 15) is 4.79 Å². The minimum Gasteiger partial charge on any atom is -0.268 e. The van der Waals surface area contributed by atoms with Gasteiger partial charge >= 0.3 is 0 Å². The summed E-state index contributed by atoms with van der Waals surface area (Å²) in [6.45, 7) is 8.00. The molecule has 0 bridgehead atoms. The summed E-state index contributed by atoms with van der Waals surface area (Å²) in [5.74, 6) is 0. The van der Waals surface area contributed by atoms with E-state index in [1.54, 1.807) is 7.05 Å². The van der Waals surface area contributed by atoms with Crippen LogP contribution in [0.2, 0.25) is 0 Å². The zero-order valence-electron chi connectivity index (χ0n) is 11.2. The van der Waals surface area contributed by atoms with E-state index < -0.39 is 0 Å². The van der Waals surface area contributed by atoms with Crippen LogP contribution in [-0.2, 0) is 19.9 Å². The molecular weight excluding hydrogens is 200 g/mol. The van der Waals surface area contributed by atoms with Crippen LogP contribution >= 0.6 is 0 Å². The molecule has 92 valence electrons. The first-order chi connectivity index (χ1) is 7.79. The normalized spacial score (nSPS) is 12.6. The zero-order chi connectivity index (χ0) is 12.6. The van der Waals surface area contributed by atoms with Crippen LogP contribution in [0.15, 0.2) is 11.0 Å². The van der Waals surface area contributed by atoms with Gasteiger partial charge in [-0.15, -0.1) is 0 Å². The van der Waals surface area contributed by atoms with Crippen molar-refractivity contribution in [3.63, 3.8) is 0 Å². The van der Waals surface area contributed by atoms with Gasteiger partial charge in [0.25, 0.3) is 5.56 Å². The van der Waals surface area contributed by atoms with Crippen LogP contribution in [0, 0.1) is 0 Å². The predicted octanol–water partition coefficient (Wildman–Crippen LogP) is 2.71. The minimum atomic E-state index is 0.0900. The first kappa shape index (κ1) is 14.9. The third-order valence-corrected chi connectivity index (χ3v) is 2.45. The van der Waals surface area contributed by atoms with Crippen LogP contribution in [0.4, 0.5) is 0 Å². The summed E-state index contributed by atoms with van der Waals surface area (Å²) in [5.41, 5.74) is 2.23. The molecule has 3 heteroatoms. The minimum absolute atomic E-state index is 0.0900. The number of hydrogen-bond acceptors (Lipinski definition) is 2. The third-order valence-electron chi connectivity index (χ3n) is 2.45. The molecule has 0 radical (unpaired) electrons. The van der Waals surface area contributed by atoms with Crippen molar-refractivity contribution in [2.45, 2.75) is 53.4 Å². The van der Waals surface area contributed by atoms with E-state index >= 15 is 0 Å². The van der Waals surface area contributed by atoms with Crippen LogP contribution in [0.5, 0.6) is 0 Å². The van der Waals surface area contributed by atoms with Gasteiger partial charge in [0.2, 0.25) is 0 Å². The van der Waals surface area contributed by atoms with Crippen LogP contribution in [0.3, 0.4) is 0 Å². The zero-order valence-corrected chi connectivity index (χ0v) is 11.2. The van der Waals surface area contributed by atoms with Gasteiger partial charge in [-0.1, -0.05) is 27.7 Å². The molecule has 1 aromatic rings. The van der Waals surface area contributed by atoms with E-state index in [1.165, 1.54) is 11.1 Å². The van der Waals surface area contributed by atoms with Crippen molar-refractivity contribution in [3.8, 4) is 0 Å². The molecule has 2 rings (SSSR count). The Bertz CT molecular complexity index is 355. The first-order valence-electron chi connectivity index (χ1n) is 6.33. The van der Waals surface area contributed by atoms with E-state index in [0.717, 1.165) is 30.4 Å². The Kier molecular flexibility index (Phi) is 7.52. The summed E-state index contributed by atoms with van der Waals surface area (Å²) in [4.78, 5) is 11.5. The van der Waals surface area contributed by atoms with Crippen molar-refractivity contribution in [1.29, 1.82) is 0 Å². The van der Waals surface area contributed by atoms with Gasteiger partial charge in [0.05, 0.1) is 6.20 Å². The van der Waals surface area contributed by atoms with Gasteiger partial charge in [0, 0.05) is 12.6 Å². The van der Waals surface area contributed by atoms with E-state index in [4.69, 9.17) is 0 Å². The second kappa shape index (κ2) is 8.08. The summed E-state index contributed by atoms with van der Waals surface area (Å²) in [5, 5.41) is 4.00. The first-order valence-corrected chi connectivity index (χ1v) is 6.33. The molecule has 1 aliphatic rings. The Hall–Kier alpha value is -1.12. The second-order valence-corrected chi connectivity index (χ2v) is 3.28. The Morgan fingerprint density at radius 1 is 1.12 bits per heavy atom. The molecule has 0 aliphatic heterocycles. The van der Waals surface area contributed by atoms with E-state index in [0.29, 0.717) is 0 Å². The van der Waals surface area contributed by atoms with Crippen LogP contribution in [0.1, 0.15) is 51.7 Å². The predicted molar refractivity (Wildman–Crippen MR) is 68.8 cm³/mol. The SMILES string of the molecule is CC.CC.Cn1ncc2c(c1=O)CCCC2. The van der Waals surface area contributed by atoms with E-state index in [2.05, 4.69) is 5.10 Å². The quantitative estimate of drug-likeness (QED) is 0.679. The summed E-state index contributed by atoms with van der Waals surface area (Å²) < 4.78 is 1.42. The topological polar surface area (TPSA) is 34.9 Å². The summed E-state index contributed by atoms with van der Waals surface area (Å²) in [6.07, 6.45) is 6.13. The summed E-state index contributed by atoms with van der Waals surface area (Å²) in [7, 11) is 1.71. The highest BCUT2D eigenvalue weighted by Crippen LogP contribution is 2.15. The average Bonchev–Trinajstić information content (AvgIpc) is 2.39. The Morgan fingerprint density at radius 3 is 2.31 bits per heavy atom. The van der Waals surface area contributed by atoms with Crippen molar-refractivity contribution in [3.05, 3.63) is 27.7 Å². The molecule has 0 atom stereocenters. The van der Waals surface area contributed by atoms with Gasteiger partial charge in [-0.05, 0) is 31.2 Å². The fraction of sp³-hybridized carbons (Fsp3) is 0.692. The Labute approximate surface area is 98.5 Å². The molecule has 0 fully saturated rings. The molecule has 0 aromatic carbocycles. The number of aryl methyl sites for hydroxylation is 2. The highest BCUT2D eigenvalue weighted by atomic mass is 16.1. The smallest absolute Gasteiger partial charge is 0.268 e. The Morgan fingerprint density at radius 2 is 1.69 bits per heavy atom. The molecule has 0 amide bonds. The van der Waals surface area contributed by atoms with Crippen molar-refractivity contribution < 1.29 is 0 Å². The molecular formula is C13H24N2O. The maximum absolute atomic E-state index is 11.5. The van der Waals surface area contributed by atoms with Crippen molar-refractivity contribution in [2.24, 2.45) is 7.05 Å². The van der Waals surface area contributed by atoms with Crippen LogP contribution < -0.4 is 5.56 Å². The van der Waals surface area contributed by atoms with Crippen molar-refractivity contribution in [2.75, 3.05) is 0 Å². The molecule has 1 heterocycles. The maximum Gasteiger partial charge on any atom is 0.269 e. The third kappa shape index (κ3) is 3.47. The summed E-state index contributed by atoms with van der Waals surface area (Å²) >= 11 is 0. The molecule has 0 spiro atoms. The lowest BCUT2D eigenvalue weighted by Gasteiger charge is -2.13. The van der Waals surface area contributed by atoms with Gasteiger partial charge in [-0.3, -0.25) is 4.79 Å². The van der Waals surface area contributed by atoms with Gasteiger partial charge in [0.15, 0.2) is 0 Å². The molecule has 1 aromatic heterocycles. The number of rotatable bonds is 0. The average molecular weight is 224 g/mol. The molecule has 1 aliphatic carbocycles. The van der Waals surface area contributed by atoms with Crippen LogP contribution in [-0.4, -0.2) is 9.78 Å². The Balaban J connectivity index is 0.000000509. The van der Waals surface area contributed by atoms with Crippen molar-refractivity contribution in [1.82, 2.24) is 9.78 Å². The van der Waals surface area contributed by atoms with Crippen molar-refractivity contribution >= 4 is 0 Å². The maximum atomic E-state index is 11.5. The number of hydrogen-bond donors (Lipinski definition) is 0. The molecule has 0 unspecified atom stereocenters.